The summed E-state index contributed by atoms with van der Waals surface area (Å²) < 4.78 is 5.61. The van der Waals surface area contributed by atoms with Gasteiger partial charge in [0.25, 0.3) is 0 Å². The first-order chi connectivity index (χ1) is 10.5. The lowest BCUT2D eigenvalue weighted by Gasteiger charge is -2.09. The molecule has 0 saturated heterocycles. The minimum Gasteiger partial charge on any atom is -0.491 e. The Bertz CT molecular complexity index is 731. The molecule has 0 fully saturated rings. The molecule has 7 heteroatoms. The molecular formula is C15H13Cl2N3OS. The van der Waals surface area contributed by atoms with E-state index < -0.39 is 0 Å². The van der Waals surface area contributed by atoms with Gasteiger partial charge in [0.05, 0.1) is 17.3 Å². The number of nitrogens with zero attached hydrogens (tertiary/aromatic N) is 3. The van der Waals surface area contributed by atoms with Crippen LogP contribution in [-0.4, -0.2) is 22.3 Å². The van der Waals surface area contributed by atoms with Crippen molar-refractivity contribution in [1.82, 2.24) is 9.97 Å². The van der Waals surface area contributed by atoms with E-state index in [-0.39, 0.29) is 0 Å². The number of thioether (sulfide) groups is 1. The summed E-state index contributed by atoms with van der Waals surface area (Å²) in [5.41, 5.74) is 1.21. The molecule has 2 aromatic rings. The van der Waals surface area contributed by atoms with E-state index in [4.69, 9.17) is 27.9 Å². The Hall–Kier alpha value is -1.48. The molecule has 0 atom stereocenters. The summed E-state index contributed by atoms with van der Waals surface area (Å²) in [4.78, 5) is 8.50. The highest BCUT2D eigenvalue weighted by Crippen LogP contribution is 2.28. The minimum atomic E-state index is 0.443. The molecule has 0 amide bonds. The van der Waals surface area contributed by atoms with Gasteiger partial charge < -0.3 is 4.74 Å². The third kappa shape index (κ3) is 4.26. The second-order valence-corrected chi connectivity index (χ2v) is 6.35. The van der Waals surface area contributed by atoms with E-state index in [1.807, 2.05) is 6.92 Å². The Morgan fingerprint density at radius 1 is 1.27 bits per heavy atom. The summed E-state index contributed by atoms with van der Waals surface area (Å²) in [6.07, 6.45) is 0. The molecule has 0 N–H and O–H groups in total. The van der Waals surface area contributed by atoms with E-state index >= 15 is 0 Å². The lowest BCUT2D eigenvalue weighted by Crippen LogP contribution is -2.03. The predicted molar refractivity (Wildman–Crippen MR) is 88.9 cm³/mol. The maximum Gasteiger partial charge on any atom is 0.138 e. The molecule has 114 valence electrons. The lowest BCUT2D eigenvalue weighted by molar-refractivity contribution is 0.344. The van der Waals surface area contributed by atoms with Crippen LogP contribution in [0.1, 0.15) is 17.1 Å². The van der Waals surface area contributed by atoms with Gasteiger partial charge in [0, 0.05) is 10.8 Å². The van der Waals surface area contributed by atoms with Crippen molar-refractivity contribution in [2.24, 2.45) is 0 Å². The number of hydrogen-bond acceptors (Lipinski definition) is 5. The van der Waals surface area contributed by atoms with Gasteiger partial charge in [-0.2, -0.15) is 5.26 Å². The molecule has 1 aromatic heterocycles. The van der Waals surface area contributed by atoms with Crippen molar-refractivity contribution in [3.63, 3.8) is 0 Å². The standard InChI is InChI=1S/C15H13Cl2N3OS/c1-9-12(8-18)15(20-10(2)19-9)22-6-5-21-14-4-3-11(16)7-13(14)17/h3-4,7H,5-6H2,1-2H3. The van der Waals surface area contributed by atoms with Gasteiger partial charge in [-0.05, 0) is 32.0 Å². The Balaban J connectivity index is 1.96. The number of nitriles is 1. The van der Waals surface area contributed by atoms with Crippen LogP contribution in [-0.2, 0) is 0 Å². The topological polar surface area (TPSA) is 58.8 Å². The van der Waals surface area contributed by atoms with Crippen molar-refractivity contribution in [2.75, 3.05) is 12.4 Å². The summed E-state index contributed by atoms with van der Waals surface area (Å²) in [6.45, 7) is 4.06. The van der Waals surface area contributed by atoms with Gasteiger partial charge in [-0.15, -0.1) is 11.8 Å². The number of aryl methyl sites for hydroxylation is 2. The Labute approximate surface area is 143 Å². The second kappa shape index (κ2) is 7.68. The molecule has 4 nitrogen and oxygen atoms in total. The number of rotatable bonds is 5. The smallest absolute Gasteiger partial charge is 0.138 e. The van der Waals surface area contributed by atoms with E-state index in [1.54, 1.807) is 25.1 Å². The van der Waals surface area contributed by atoms with Crippen LogP contribution < -0.4 is 4.74 Å². The molecule has 0 unspecified atom stereocenters. The fourth-order valence-electron chi connectivity index (χ4n) is 1.80. The number of halogens is 2. The van der Waals surface area contributed by atoms with Crippen LogP contribution in [0.25, 0.3) is 0 Å². The fourth-order valence-corrected chi connectivity index (χ4v) is 3.15. The van der Waals surface area contributed by atoms with Crippen molar-refractivity contribution in [2.45, 2.75) is 18.9 Å². The van der Waals surface area contributed by atoms with Gasteiger partial charge in [0.1, 0.15) is 28.2 Å². The highest BCUT2D eigenvalue weighted by Gasteiger charge is 2.10. The summed E-state index contributed by atoms with van der Waals surface area (Å²) in [5, 5.41) is 10.9. The Morgan fingerprint density at radius 2 is 2.05 bits per heavy atom. The van der Waals surface area contributed by atoms with Crippen molar-refractivity contribution in [3.8, 4) is 11.8 Å². The average Bonchev–Trinajstić information content (AvgIpc) is 2.45. The zero-order chi connectivity index (χ0) is 16.1. The lowest BCUT2D eigenvalue weighted by atomic mass is 10.3. The second-order valence-electron chi connectivity index (χ2n) is 4.42. The van der Waals surface area contributed by atoms with Crippen molar-refractivity contribution in [1.29, 1.82) is 5.26 Å². The van der Waals surface area contributed by atoms with Crippen LogP contribution in [0.15, 0.2) is 23.2 Å². The normalized spacial score (nSPS) is 10.3. The van der Waals surface area contributed by atoms with Crippen molar-refractivity contribution >= 4 is 35.0 Å². The first-order valence-corrected chi connectivity index (χ1v) is 8.21. The maximum atomic E-state index is 9.18. The first-order valence-electron chi connectivity index (χ1n) is 6.47. The maximum absolute atomic E-state index is 9.18. The summed E-state index contributed by atoms with van der Waals surface area (Å²) >= 11 is 13.3. The fraction of sp³-hybridized carbons (Fsp3) is 0.267. The van der Waals surface area contributed by atoms with Crippen LogP contribution in [0.3, 0.4) is 0 Å². The van der Waals surface area contributed by atoms with Gasteiger partial charge in [0.15, 0.2) is 0 Å². The quantitative estimate of drug-likeness (QED) is 0.451. The molecule has 22 heavy (non-hydrogen) atoms. The zero-order valence-corrected chi connectivity index (χ0v) is 14.4. The van der Waals surface area contributed by atoms with Crippen LogP contribution in [0.4, 0.5) is 0 Å². The summed E-state index contributed by atoms with van der Waals surface area (Å²) in [7, 11) is 0. The molecule has 0 aliphatic heterocycles. The van der Waals surface area contributed by atoms with Crippen LogP contribution in [0, 0.1) is 25.2 Å². The van der Waals surface area contributed by atoms with Crippen molar-refractivity contribution in [3.05, 3.63) is 45.3 Å². The molecule has 0 aliphatic rings. The van der Waals surface area contributed by atoms with Gasteiger partial charge in [0.2, 0.25) is 0 Å². The largest absolute Gasteiger partial charge is 0.491 e. The van der Waals surface area contributed by atoms with Crippen LogP contribution in [0.2, 0.25) is 10.0 Å². The highest BCUT2D eigenvalue weighted by atomic mass is 35.5. The van der Waals surface area contributed by atoms with Gasteiger partial charge in [-0.25, -0.2) is 9.97 Å². The molecule has 1 aromatic carbocycles. The van der Waals surface area contributed by atoms with Crippen LogP contribution >= 0.6 is 35.0 Å². The summed E-state index contributed by atoms with van der Waals surface area (Å²) in [6, 6.07) is 7.23. The van der Waals surface area contributed by atoms with Gasteiger partial charge >= 0.3 is 0 Å². The molecule has 0 spiro atoms. The van der Waals surface area contributed by atoms with E-state index in [0.29, 0.717) is 50.3 Å². The molecule has 2 rings (SSSR count). The Kier molecular flexibility index (Phi) is 5.90. The van der Waals surface area contributed by atoms with Gasteiger partial charge in [-0.1, -0.05) is 23.2 Å². The van der Waals surface area contributed by atoms with E-state index in [9.17, 15) is 5.26 Å². The van der Waals surface area contributed by atoms with Crippen molar-refractivity contribution < 1.29 is 4.74 Å². The average molecular weight is 354 g/mol. The number of aromatic nitrogens is 2. The molecule has 0 aliphatic carbocycles. The third-order valence-corrected chi connectivity index (χ3v) is 4.22. The molecule has 0 radical (unpaired) electrons. The van der Waals surface area contributed by atoms with Crippen LogP contribution in [0.5, 0.6) is 5.75 Å². The summed E-state index contributed by atoms with van der Waals surface area (Å²) in [5.74, 6) is 1.88. The number of hydrogen-bond donors (Lipinski definition) is 0. The molecule has 0 saturated carbocycles. The number of ether oxygens (including phenoxy) is 1. The minimum absolute atomic E-state index is 0.443. The third-order valence-electron chi connectivity index (χ3n) is 2.75. The van der Waals surface area contributed by atoms with E-state index in [1.165, 1.54) is 11.8 Å². The van der Waals surface area contributed by atoms with Gasteiger partial charge in [-0.3, -0.25) is 0 Å². The monoisotopic (exact) mass is 353 g/mol. The number of benzene rings is 1. The first kappa shape index (κ1) is 16.9. The van der Waals surface area contributed by atoms with E-state index in [2.05, 4.69) is 16.0 Å². The zero-order valence-electron chi connectivity index (χ0n) is 12.1. The molecule has 1 heterocycles. The molecular weight excluding hydrogens is 341 g/mol. The highest BCUT2D eigenvalue weighted by molar-refractivity contribution is 7.99. The Morgan fingerprint density at radius 3 is 2.73 bits per heavy atom. The van der Waals surface area contributed by atoms with E-state index in [0.717, 1.165) is 0 Å². The SMILES string of the molecule is Cc1nc(C)c(C#N)c(SCCOc2ccc(Cl)cc2Cl)n1. The predicted octanol–water partition coefficient (Wildman–Crippen LogP) is 4.44. The molecule has 0 bridgehead atoms.